The van der Waals surface area contributed by atoms with E-state index in [1.165, 1.54) is 0 Å². The van der Waals surface area contributed by atoms with Crippen molar-refractivity contribution in [2.45, 2.75) is 20.8 Å². The lowest BCUT2D eigenvalue weighted by molar-refractivity contribution is -0.345. The first-order valence-electron chi connectivity index (χ1n) is 19.8. The number of aliphatic hydroxyl groups is 2. The molecular formula is C48H43BN4O5. The summed E-state index contributed by atoms with van der Waals surface area (Å²) in [5, 5.41) is 25.8. The molecule has 58 heavy (non-hydrogen) atoms. The molecule has 0 unspecified atom stereocenters. The van der Waals surface area contributed by atoms with Crippen LogP contribution in [0.15, 0.2) is 138 Å². The Morgan fingerprint density at radius 3 is 1.53 bits per heavy atom. The van der Waals surface area contributed by atoms with Gasteiger partial charge in [0.1, 0.15) is 16.9 Å². The van der Waals surface area contributed by atoms with E-state index in [9.17, 15) is 10.2 Å². The van der Waals surface area contributed by atoms with E-state index < -0.39 is 6.82 Å². The Labute approximate surface area is 334 Å². The Morgan fingerprint density at radius 1 is 0.534 bits per heavy atom. The number of benzene rings is 3. The van der Waals surface area contributed by atoms with Crippen LogP contribution in [0, 0.1) is 31.5 Å². The molecule has 3 aliphatic rings. The summed E-state index contributed by atoms with van der Waals surface area (Å²) in [6.07, 6.45) is 4.19. The van der Waals surface area contributed by atoms with E-state index in [1.807, 2.05) is 0 Å². The molecule has 4 aromatic heterocycles. The summed E-state index contributed by atoms with van der Waals surface area (Å²) in [6, 6.07) is 42.1. The molecule has 0 atom stereocenters. The molecule has 8 bridgehead atoms. The van der Waals surface area contributed by atoms with Gasteiger partial charge in [-0.25, -0.2) is 0 Å². The molecule has 288 valence electrons. The van der Waals surface area contributed by atoms with Crippen LogP contribution in [0.2, 0.25) is 0 Å². The van der Waals surface area contributed by atoms with Crippen LogP contribution < -0.4 is 21.4 Å². The molecular weight excluding hydrogens is 723 g/mol. The summed E-state index contributed by atoms with van der Waals surface area (Å²) in [4.78, 5) is 7.56. The molecule has 10 heteroatoms. The quantitative estimate of drug-likeness (QED) is 0.166. The number of rotatable bonds is 9. The molecule has 9 nitrogen and oxygen atoms in total. The van der Waals surface area contributed by atoms with E-state index in [4.69, 9.17) is 13.7 Å². The van der Waals surface area contributed by atoms with Gasteiger partial charge in [-0.1, -0.05) is 89.5 Å². The summed E-state index contributed by atoms with van der Waals surface area (Å²) in [6.45, 7) is 3.10. The Bertz CT molecular complexity index is 3160. The number of nitrogens with zero attached hydrogens (tertiary/aromatic N) is 2. The molecule has 4 N–H and O–H groups in total. The SMILES string of the molecule is Cc1ccc(C2=c3ccc([nH]3)=C3C=CC4=[N+]3[B-](OCCO)(OCCO)n3c(ccc3=c3ccc([nH]3)=C(c3ccc(C)cc3)c3ccc2o3)=C4c2ccc(C)cc2)cc1. The highest BCUT2D eigenvalue weighted by Crippen LogP contribution is 2.32. The first-order chi connectivity index (χ1) is 28.4. The van der Waals surface area contributed by atoms with Crippen LogP contribution in [0.4, 0.5) is 0 Å². The van der Waals surface area contributed by atoms with Crippen molar-refractivity contribution in [2.75, 3.05) is 26.4 Å². The molecule has 0 aliphatic carbocycles. The lowest BCUT2D eigenvalue weighted by Gasteiger charge is -2.40. The van der Waals surface area contributed by atoms with Crippen molar-refractivity contribution in [2.24, 2.45) is 0 Å². The van der Waals surface area contributed by atoms with Gasteiger partial charge in [-0.05, 0) is 86.0 Å². The van der Waals surface area contributed by atoms with Crippen molar-refractivity contribution >= 4 is 34.9 Å². The van der Waals surface area contributed by atoms with Crippen LogP contribution in [0.1, 0.15) is 44.9 Å². The van der Waals surface area contributed by atoms with Gasteiger partial charge in [0.2, 0.25) is 0 Å². The van der Waals surface area contributed by atoms with E-state index in [1.54, 1.807) is 0 Å². The topological polar surface area (TPSA) is 112 Å². The van der Waals surface area contributed by atoms with Gasteiger partial charge >= 0.3 is 6.82 Å². The van der Waals surface area contributed by atoms with Gasteiger partial charge in [0.25, 0.3) is 0 Å². The number of aryl methyl sites for hydroxylation is 3. The van der Waals surface area contributed by atoms with E-state index >= 15 is 0 Å². The van der Waals surface area contributed by atoms with Crippen LogP contribution in [0.25, 0.3) is 22.4 Å². The highest BCUT2D eigenvalue weighted by Gasteiger charge is 2.54. The minimum Gasteiger partial charge on any atom is -0.482 e. The zero-order valence-electron chi connectivity index (χ0n) is 32.6. The molecule has 7 heterocycles. The average molecular weight is 767 g/mol. The number of nitrogens with one attached hydrogen (secondary N) is 2. The molecule has 0 amide bonds. The van der Waals surface area contributed by atoms with E-state index in [0.29, 0.717) is 0 Å². The fraction of sp³-hybridized carbons (Fsp3) is 0.146. The maximum absolute atomic E-state index is 10.3. The fourth-order valence-electron chi connectivity index (χ4n) is 8.76. The standard InChI is InChI=1S/C48H43BN4O5/c1-30-4-10-33(11-5-30)46-38-18-16-36(50-38)40-20-22-42-48(35-14-8-32(3)9-15-35)43-23-21-41(53(43)49(52(40)42,56-28-26-54)57-29-27-55)37-17-19-39(51-37)47(45-25-24-44(46)58-45)34-12-6-31(2)7-13-34/h4-25,50-51,54-55H,26-29H2,1-3H3. The number of allylic oxidation sites excluding steroid dienone is 1. The first kappa shape index (κ1) is 36.0. The number of aromatic nitrogens is 3. The minimum atomic E-state index is -2.67. The number of aliphatic hydroxyl groups excluding tert-OH is 2. The van der Waals surface area contributed by atoms with E-state index in [2.05, 4.69) is 173 Å². The van der Waals surface area contributed by atoms with Crippen LogP contribution in [-0.2, 0) is 9.31 Å². The van der Waals surface area contributed by atoms with Gasteiger partial charge < -0.3 is 42.9 Å². The number of aromatic amines is 2. The number of H-pyrrole nitrogens is 2. The molecule has 0 saturated carbocycles. The number of fused-ring (bicyclic) bond motifs is 6. The lowest BCUT2D eigenvalue weighted by atomic mass is 9.80. The highest BCUT2D eigenvalue weighted by molar-refractivity contribution is 6.61. The third-order valence-electron chi connectivity index (χ3n) is 11.4. The summed E-state index contributed by atoms with van der Waals surface area (Å²) in [7, 11) is 0. The Kier molecular flexibility index (Phi) is 8.80. The zero-order valence-corrected chi connectivity index (χ0v) is 32.6. The van der Waals surface area contributed by atoms with Gasteiger partial charge in [0, 0.05) is 47.2 Å². The number of furan rings is 1. The van der Waals surface area contributed by atoms with Gasteiger partial charge in [-0.2, -0.15) is 0 Å². The monoisotopic (exact) mass is 766 g/mol. The molecule has 0 fully saturated rings. The minimum absolute atomic E-state index is 0.0122. The van der Waals surface area contributed by atoms with E-state index in [-0.39, 0.29) is 26.4 Å². The van der Waals surface area contributed by atoms with Crippen molar-refractivity contribution in [3.05, 3.63) is 210 Å². The third kappa shape index (κ3) is 5.75. The fourth-order valence-corrected chi connectivity index (χ4v) is 8.76. The molecule has 7 aromatic rings. The molecule has 10 rings (SSSR count). The number of hydrogen-bond donors (Lipinski definition) is 4. The molecule has 0 saturated heterocycles. The van der Waals surface area contributed by atoms with Crippen LogP contribution in [0.5, 0.6) is 0 Å². The molecule has 3 aromatic carbocycles. The van der Waals surface area contributed by atoms with Crippen LogP contribution in [0.3, 0.4) is 0 Å². The Balaban J connectivity index is 1.43. The second-order valence-corrected chi connectivity index (χ2v) is 15.2. The molecule has 0 radical (unpaired) electrons. The summed E-state index contributed by atoms with van der Waals surface area (Å²) in [5.41, 5.74) is 11.0. The Morgan fingerprint density at radius 2 is 1.00 bits per heavy atom. The molecule has 0 spiro atoms. The summed E-state index contributed by atoms with van der Waals surface area (Å²) >= 11 is 0. The van der Waals surface area contributed by atoms with Crippen molar-refractivity contribution in [1.82, 2.24) is 14.4 Å². The normalized spacial score (nSPS) is 15.3. The second kappa shape index (κ2) is 14.2. The predicted octanol–water partition coefficient (Wildman–Crippen LogP) is 4.10. The Hall–Kier alpha value is -6.43. The van der Waals surface area contributed by atoms with Gasteiger partial charge in [0.05, 0.1) is 34.8 Å². The second-order valence-electron chi connectivity index (χ2n) is 15.2. The maximum atomic E-state index is 10.3. The van der Waals surface area contributed by atoms with Crippen LogP contribution in [-0.4, -0.2) is 68.1 Å². The van der Waals surface area contributed by atoms with Crippen molar-refractivity contribution < 1.29 is 28.4 Å². The zero-order chi connectivity index (χ0) is 39.5. The van der Waals surface area contributed by atoms with Crippen molar-refractivity contribution in [3.63, 3.8) is 0 Å². The average Bonchev–Trinajstić information content (AvgIpc) is 4.09. The summed E-state index contributed by atoms with van der Waals surface area (Å²) < 4.78 is 24.9. The van der Waals surface area contributed by atoms with Gasteiger partial charge in [-0.3, -0.25) is 0 Å². The van der Waals surface area contributed by atoms with Gasteiger partial charge in [0.15, 0.2) is 11.4 Å². The van der Waals surface area contributed by atoms with Crippen molar-refractivity contribution in [1.29, 1.82) is 0 Å². The largest absolute Gasteiger partial charge is 0.666 e. The highest BCUT2D eigenvalue weighted by atomic mass is 16.6. The van der Waals surface area contributed by atoms with Crippen molar-refractivity contribution in [3.8, 4) is 0 Å². The maximum Gasteiger partial charge on any atom is 0.666 e. The smallest absolute Gasteiger partial charge is 0.482 e. The van der Waals surface area contributed by atoms with Crippen LogP contribution >= 0.6 is 0 Å². The lowest BCUT2D eigenvalue weighted by Crippen LogP contribution is -2.66. The summed E-state index contributed by atoms with van der Waals surface area (Å²) in [5.74, 6) is 1.44. The first-order valence-corrected chi connectivity index (χ1v) is 19.8. The molecule has 3 aliphatic heterocycles. The van der Waals surface area contributed by atoms with E-state index in [0.717, 1.165) is 105 Å². The third-order valence-corrected chi connectivity index (χ3v) is 11.4. The predicted molar refractivity (Wildman–Crippen MR) is 225 cm³/mol. The number of hydrogen-bond acceptors (Lipinski definition) is 5. The van der Waals surface area contributed by atoms with Gasteiger partial charge in [-0.15, -0.1) is 0 Å².